The fraction of sp³-hybridized carbons (Fsp3) is 0.179. The van der Waals surface area contributed by atoms with E-state index in [2.05, 4.69) is 21.2 Å². The second-order valence-corrected chi connectivity index (χ2v) is 9.38. The summed E-state index contributed by atoms with van der Waals surface area (Å²) in [7, 11) is 0. The summed E-state index contributed by atoms with van der Waals surface area (Å²) in [6.07, 6.45) is -0.332. The van der Waals surface area contributed by atoms with Gasteiger partial charge in [-0.2, -0.15) is 0 Å². The van der Waals surface area contributed by atoms with Crippen LogP contribution in [0.1, 0.15) is 40.2 Å². The van der Waals surface area contributed by atoms with Crippen LogP contribution in [-0.2, 0) is 4.79 Å². The van der Waals surface area contributed by atoms with Crippen LogP contribution in [0.15, 0.2) is 71.2 Å². The van der Waals surface area contributed by atoms with E-state index in [4.69, 9.17) is 10.1 Å². The Hall–Kier alpha value is -3.65. The van der Waals surface area contributed by atoms with Crippen molar-refractivity contribution >= 4 is 38.7 Å². The summed E-state index contributed by atoms with van der Waals surface area (Å²) in [6.45, 7) is 1.67. The van der Waals surface area contributed by atoms with Crippen LogP contribution >= 0.6 is 15.9 Å². The molecule has 0 aliphatic rings. The van der Waals surface area contributed by atoms with Crippen LogP contribution < -0.4 is 5.32 Å². The van der Waals surface area contributed by atoms with E-state index in [1.807, 2.05) is 49.4 Å². The number of carbonyl (C=O) groups excluding carboxylic acids is 1. The minimum atomic E-state index is -1.09. The average molecular weight is 553 g/mol. The minimum absolute atomic E-state index is 0.0373. The number of fused-ring (bicyclic) bond motifs is 1. The lowest BCUT2D eigenvalue weighted by Crippen LogP contribution is -2.30. The molecule has 0 saturated carbocycles. The van der Waals surface area contributed by atoms with Gasteiger partial charge < -0.3 is 10.4 Å². The molecule has 0 bridgehead atoms. The van der Waals surface area contributed by atoms with Gasteiger partial charge in [0.15, 0.2) is 0 Å². The molecule has 1 amide bonds. The zero-order valence-corrected chi connectivity index (χ0v) is 21.0. The second-order valence-electron chi connectivity index (χ2n) is 8.46. The van der Waals surface area contributed by atoms with E-state index in [0.29, 0.717) is 27.7 Å². The lowest BCUT2D eigenvalue weighted by molar-refractivity contribution is -0.137. The van der Waals surface area contributed by atoms with Crippen molar-refractivity contribution < 1.29 is 23.5 Å². The number of pyridine rings is 1. The molecule has 3 aromatic carbocycles. The molecule has 1 aromatic heterocycles. The van der Waals surface area contributed by atoms with Crippen LogP contribution in [0.25, 0.3) is 22.2 Å². The Morgan fingerprint density at radius 2 is 1.72 bits per heavy atom. The molecule has 5 nitrogen and oxygen atoms in total. The highest BCUT2D eigenvalue weighted by Crippen LogP contribution is 2.32. The zero-order chi connectivity index (χ0) is 25.8. The number of rotatable bonds is 8. The molecule has 0 aliphatic carbocycles. The van der Waals surface area contributed by atoms with E-state index in [0.717, 1.165) is 22.2 Å². The molecular weight excluding hydrogens is 530 g/mol. The maximum atomic E-state index is 14.5. The highest BCUT2D eigenvalue weighted by molar-refractivity contribution is 9.10. The first-order valence-electron chi connectivity index (χ1n) is 11.4. The summed E-state index contributed by atoms with van der Waals surface area (Å²) in [5.41, 5.74) is 2.94. The molecule has 0 aliphatic heterocycles. The highest BCUT2D eigenvalue weighted by atomic mass is 79.9. The van der Waals surface area contributed by atoms with Crippen molar-refractivity contribution in [2.45, 2.75) is 25.7 Å². The molecule has 1 heterocycles. The van der Waals surface area contributed by atoms with Gasteiger partial charge in [0.1, 0.15) is 11.6 Å². The molecule has 0 unspecified atom stereocenters. The lowest BCUT2D eigenvalue weighted by Gasteiger charge is -2.20. The van der Waals surface area contributed by atoms with Gasteiger partial charge in [-0.3, -0.25) is 9.59 Å². The normalized spacial score (nSPS) is 11.9. The van der Waals surface area contributed by atoms with Crippen LogP contribution in [0.3, 0.4) is 0 Å². The number of nitrogens with zero attached hydrogens (tertiary/aromatic N) is 1. The molecule has 0 saturated heterocycles. The van der Waals surface area contributed by atoms with E-state index in [9.17, 15) is 18.4 Å². The van der Waals surface area contributed by atoms with Crippen LogP contribution in [0.5, 0.6) is 0 Å². The van der Waals surface area contributed by atoms with E-state index in [1.165, 1.54) is 6.07 Å². The fourth-order valence-corrected chi connectivity index (χ4v) is 4.71. The Morgan fingerprint density at radius 1 is 1.03 bits per heavy atom. The molecule has 36 heavy (non-hydrogen) atoms. The van der Waals surface area contributed by atoms with E-state index >= 15 is 0 Å². The summed E-state index contributed by atoms with van der Waals surface area (Å²) >= 11 is 3.45. The first-order chi connectivity index (χ1) is 17.3. The lowest BCUT2D eigenvalue weighted by atomic mass is 9.92. The van der Waals surface area contributed by atoms with Crippen LogP contribution in [0, 0.1) is 18.6 Å². The number of benzene rings is 3. The third-order valence-electron chi connectivity index (χ3n) is 6.09. The number of halogens is 3. The van der Waals surface area contributed by atoms with Gasteiger partial charge in [0.05, 0.1) is 16.8 Å². The van der Waals surface area contributed by atoms with E-state index in [-0.39, 0.29) is 24.9 Å². The monoisotopic (exact) mass is 552 g/mol. The molecule has 4 rings (SSSR count). The molecule has 0 spiro atoms. The van der Waals surface area contributed by atoms with Crippen molar-refractivity contribution in [3.05, 3.63) is 99.5 Å². The summed E-state index contributed by atoms with van der Waals surface area (Å²) in [5.74, 6) is -3.94. The molecular formula is C28H23BrF2N2O3. The average Bonchev–Trinajstić information content (AvgIpc) is 2.85. The van der Waals surface area contributed by atoms with Crippen molar-refractivity contribution in [2.24, 2.45) is 0 Å². The number of hydrogen-bond donors (Lipinski definition) is 2. The Bertz CT molecular complexity index is 1420. The number of aliphatic carboxylic acids is 1. The van der Waals surface area contributed by atoms with Crippen molar-refractivity contribution in [3.8, 4) is 11.3 Å². The second kappa shape index (κ2) is 11.0. The highest BCUT2D eigenvalue weighted by Gasteiger charge is 2.24. The number of nitrogens with one attached hydrogen (secondary N) is 1. The topological polar surface area (TPSA) is 79.3 Å². The van der Waals surface area contributed by atoms with E-state index < -0.39 is 29.4 Å². The quantitative estimate of drug-likeness (QED) is 0.257. The Balaban J connectivity index is 1.73. The number of aromatic nitrogens is 1. The first-order valence-corrected chi connectivity index (χ1v) is 12.1. The zero-order valence-electron chi connectivity index (χ0n) is 19.4. The maximum Gasteiger partial charge on any atom is 0.303 e. The van der Waals surface area contributed by atoms with Gasteiger partial charge in [-0.05, 0) is 49.2 Å². The molecule has 8 heteroatoms. The van der Waals surface area contributed by atoms with Gasteiger partial charge in [-0.1, -0.05) is 52.3 Å². The molecule has 184 valence electrons. The maximum absolute atomic E-state index is 14.5. The Labute approximate surface area is 215 Å². The fourth-order valence-electron chi connectivity index (χ4n) is 4.35. The molecule has 2 N–H and O–H groups in total. The van der Waals surface area contributed by atoms with Gasteiger partial charge in [-0.15, -0.1) is 0 Å². The van der Waals surface area contributed by atoms with Crippen LogP contribution in [0.2, 0.25) is 0 Å². The number of hydrogen-bond acceptors (Lipinski definition) is 3. The molecule has 4 aromatic rings. The van der Waals surface area contributed by atoms with Crippen molar-refractivity contribution in [3.63, 3.8) is 0 Å². The summed E-state index contributed by atoms with van der Waals surface area (Å²) < 4.78 is 29.8. The number of amides is 1. The Kier molecular flexibility index (Phi) is 7.74. The predicted molar refractivity (Wildman–Crippen MR) is 138 cm³/mol. The van der Waals surface area contributed by atoms with Gasteiger partial charge in [0.25, 0.3) is 5.91 Å². The van der Waals surface area contributed by atoms with Crippen LogP contribution in [0.4, 0.5) is 8.78 Å². The van der Waals surface area contributed by atoms with Gasteiger partial charge in [0.2, 0.25) is 0 Å². The summed E-state index contributed by atoms with van der Waals surface area (Å²) in [4.78, 5) is 29.5. The standard InChI is InChI=1S/C28H23BrF2N2O3/c1-16-25(20-14-19(29)11-12-23(20)33-27(16)17-6-3-2-4-7-17)28(36)32-15-18(10-13-24(34)35)26-21(30)8-5-9-22(26)31/h2-9,11-12,14,18H,10,13,15H2,1H3,(H,32,36)(H,34,35)/t18-/m1/s1. The SMILES string of the molecule is Cc1c(-c2ccccc2)nc2ccc(Br)cc2c1C(=O)NC[C@@H](CCC(=O)O)c1c(F)cccc1F. The third kappa shape index (κ3) is 5.44. The van der Waals surface area contributed by atoms with Gasteiger partial charge in [-0.25, -0.2) is 13.8 Å². The van der Waals surface area contributed by atoms with Crippen molar-refractivity contribution in [1.82, 2.24) is 10.3 Å². The summed E-state index contributed by atoms with van der Waals surface area (Å²) in [5, 5.41) is 12.6. The van der Waals surface area contributed by atoms with Crippen molar-refractivity contribution in [2.75, 3.05) is 6.54 Å². The van der Waals surface area contributed by atoms with E-state index in [1.54, 1.807) is 6.07 Å². The minimum Gasteiger partial charge on any atom is -0.481 e. The molecule has 1 atom stereocenters. The van der Waals surface area contributed by atoms with Crippen molar-refractivity contribution in [1.29, 1.82) is 0 Å². The largest absolute Gasteiger partial charge is 0.481 e. The molecule has 0 fully saturated rings. The Morgan fingerprint density at radius 3 is 2.39 bits per heavy atom. The summed E-state index contributed by atoms with van der Waals surface area (Å²) in [6, 6.07) is 18.4. The van der Waals surface area contributed by atoms with Gasteiger partial charge in [0, 0.05) is 39.9 Å². The van der Waals surface area contributed by atoms with Gasteiger partial charge >= 0.3 is 5.97 Å². The smallest absolute Gasteiger partial charge is 0.303 e. The number of carbonyl (C=O) groups is 2. The molecule has 0 radical (unpaired) electrons. The first kappa shape index (κ1) is 25.4. The number of carboxylic acid groups (broad SMARTS) is 1. The van der Waals surface area contributed by atoms with Crippen LogP contribution in [-0.4, -0.2) is 28.5 Å². The predicted octanol–water partition coefficient (Wildman–Crippen LogP) is 6.63. The number of carboxylic acids is 1. The third-order valence-corrected chi connectivity index (χ3v) is 6.58.